The molecule has 1 N–H and O–H groups in total. The number of ether oxygens (including phenoxy) is 1. The number of para-hydroxylation sites is 1. The summed E-state index contributed by atoms with van der Waals surface area (Å²) >= 11 is 0. The Labute approximate surface area is 102 Å². The second-order valence-corrected chi connectivity index (χ2v) is 2.29. The standard InChI is InChI=1S/C9H12O2.Al.Li.4H/c1-11-9-5-3-2-4-8(9)6-7-10;;;;;;/h2-5,10H,6-7H2,1H3;;;;;;. The molecular weight excluding hydrogens is 174 g/mol. The predicted molar refractivity (Wildman–Crippen MR) is 60.9 cm³/mol. The van der Waals surface area contributed by atoms with Crippen LogP contribution in [0.2, 0.25) is 0 Å². The molecule has 0 radical (unpaired) electrons. The van der Waals surface area contributed by atoms with Crippen LogP contribution in [0.1, 0.15) is 5.56 Å². The number of aliphatic hydroxyl groups is 1. The van der Waals surface area contributed by atoms with Crippen LogP contribution < -0.4 is 4.74 Å². The van der Waals surface area contributed by atoms with E-state index in [4.69, 9.17) is 9.84 Å². The Hall–Kier alpha value is 0.110. The number of aliphatic hydroxyl groups excluding tert-OH is 1. The minimum absolute atomic E-state index is 0. The van der Waals surface area contributed by atoms with Gasteiger partial charge in [0.1, 0.15) is 5.75 Å². The third-order valence-corrected chi connectivity index (χ3v) is 1.57. The van der Waals surface area contributed by atoms with Gasteiger partial charge in [-0.05, 0) is 18.1 Å². The minimum atomic E-state index is 0. The number of rotatable bonds is 3. The van der Waals surface area contributed by atoms with Gasteiger partial charge in [-0.3, -0.25) is 0 Å². The van der Waals surface area contributed by atoms with Gasteiger partial charge < -0.3 is 9.84 Å². The van der Waals surface area contributed by atoms with E-state index in [1.54, 1.807) is 7.11 Å². The molecule has 1 aromatic carbocycles. The van der Waals surface area contributed by atoms with Crippen molar-refractivity contribution in [2.75, 3.05) is 13.7 Å². The van der Waals surface area contributed by atoms with Crippen molar-refractivity contribution < 1.29 is 9.84 Å². The van der Waals surface area contributed by atoms with Crippen LogP contribution in [0.4, 0.5) is 0 Å². The molecular formula is C9H16AlLiO2. The summed E-state index contributed by atoms with van der Waals surface area (Å²) in [5.41, 5.74) is 1.05. The molecule has 0 saturated heterocycles. The number of hydrogen-bond acceptors (Lipinski definition) is 2. The van der Waals surface area contributed by atoms with E-state index in [-0.39, 0.29) is 42.8 Å². The molecule has 0 aliphatic rings. The van der Waals surface area contributed by atoms with E-state index in [9.17, 15) is 0 Å². The van der Waals surface area contributed by atoms with Crippen LogP contribution in [0.25, 0.3) is 0 Å². The quantitative estimate of drug-likeness (QED) is 0.645. The summed E-state index contributed by atoms with van der Waals surface area (Å²) in [6, 6.07) is 7.70. The third-order valence-electron chi connectivity index (χ3n) is 1.57. The zero-order chi connectivity index (χ0) is 8.10. The molecule has 13 heavy (non-hydrogen) atoms. The maximum absolute atomic E-state index is 8.68. The van der Waals surface area contributed by atoms with Gasteiger partial charge in [-0.2, -0.15) is 0 Å². The van der Waals surface area contributed by atoms with Gasteiger partial charge >= 0.3 is 18.9 Å². The second kappa shape index (κ2) is 8.70. The average molecular weight is 190 g/mol. The molecule has 0 amide bonds. The Bertz CT molecular complexity index is 231. The van der Waals surface area contributed by atoms with Gasteiger partial charge in [0.2, 0.25) is 0 Å². The fraction of sp³-hybridized carbons (Fsp3) is 0.333. The molecule has 0 bridgehead atoms. The summed E-state index contributed by atoms with van der Waals surface area (Å²) < 4.78 is 5.09. The van der Waals surface area contributed by atoms with Gasteiger partial charge in [0, 0.05) is 6.61 Å². The molecule has 2 nitrogen and oxygen atoms in total. The number of benzene rings is 1. The molecule has 0 spiro atoms. The van der Waals surface area contributed by atoms with Gasteiger partial charge in [-0.15, -0.1) is 0 Å². The summed E-state index contributed by atoms with van der Waals surface area (Å²) in [6.07, 6.45) is 0.657. The summed E-state index contributed by atoms with van der Waals surface area (Å²) in [6.45, 7) is 0.167. The van der Waals surface area contributed by atoms with Crippen molar-refractivity contribution in [2.24, 2.45) is 0 Å². The molecule has 0 unspecified atom stereocenters. The van der Waals surface area contributed by atoms with E-state index >= 15 is 0 Å². The van der Waals surface area contributed by atoms with E-state index in [2.05, 4.69) is 0 Å². The fourth-order valence-electron chi connectivity index (χ4n) is 1.03. The Morgan fingerprint density at radius 2 is 1.92 bits per heavy atom. The van der Waals surface area contributed by atoms with Crippen molar-refractivity contribution in [3.05, 3.63) is 29.8 Å². The average Bonchev–Trinajstić information content (AvgIpc) is 2.06. The summed E-state index contributed by atoms with van der Waals surface area (Å²) in [4.78, 5) is 0. The van der Waals surface area contributed by atoms with Crippen LogP contribution in [-0.2, 0) is 6.42 Å². The van der Waals surface area contributed by atoms with Gasteiger partial charge in [0.15, 0.2) is 17.4 Å². The van der Waals surface area contributed by atoms with Gasteiger partial charge in [-0.1, -0.05) is 18.2 Å². The zero-order valence-electron chi connectivity index (χ0n) is 6.58. The molecule has 0 aliphatic heterocycles. The van der Waals surface area contributed by atoms with Gasteiger partial charge in [0.05, 0.1) is 7.11 Å². The van der Waals surface area contributed by atoms with E-state index in [1.807, 2.05) is 24.3 Å². The Balaban J connectivity index is 0. The van der Waals surface area contributed by atoms with Crippen LogP contribution >= 0.6 is 0 Å². The Morgan fingerprint density at radius 3 is 2.46 bits per heavy atom. The Morgan fingerprint density at radius 1 is 1.31 bits per heavy atom. The van der Waals surface area contributed by atoms with E-state index in [0.29, 0.717) is 6.42 Å². The molecule has 4 heteroatoms. The molecule has 0 atom stereocenters. The molecule has 0 aliphatic carbocycles. The normalized spacial score (nSPS) is 8.15. The number of methoxy groups -OCH3 is 1. The van der Waals surface area contributed by atoms with Crippen molar-refractivity contribution in [1.82, 2.24) is 0 Å². The third kappa shape index (κ3) is 4.77. The first-order valence-electron chi connectivity index (χ1n) is 3.61. The monoisotopic (exact) mass is 190 g/mol. The van der Waals surface area contributed by atoms with Crippen molar-refractivity contribution >= 4 is 36.2 Å². The summed E-state index contributed by atoms with van der Waals surface area (Å²) in [5, 5.41) is 8.68. The SMILES string of the molecule is COc1ccccc1CCO.[AlH3].[LiH]. The molecule has 0 saturated carbocycles. The van der Waals surface area contributed by atoms with E-state index < -0.39 is 0 Å². The number of hydrogen-bond donors (Lipinski definition) is 1. The first-order valence-corrected chi connectivity index (χ1v) is 3.61. The molecule has 0 fully saturated rings. The van der Waals surface area contributed by atoms with Crippen molar-refractivity contribution in [3.8, 4) is 5.75 Å². The Kier molecular flexibility index (Phi) is 10.4. The molecule has 1 rings (SSSR count). The van der Waals surface area contributed by atoms with Gasteiger partial charge in [-0.25, -0.2) is 0 Å². The van der Waals surface area contributed by atoms with Crippen molar-refractivity contribution in [1.29, 1.82) is 0 Å². The van der Waals surface area contributed by atoms with Crippen LogP contribution in [0, 0.1) is 0 Å². The van der Waals surface area contributed by atoms with Crippen LogP contribution in [0.3, 0.4) is 0 Å². The van der Waals surface area contributed by atoms with Crippen molar-refractivity contribution in [2.45, 2.75) is 6.42 Å². The molecule has 0 heterocycles. The van der Waals surface area contributed by atoms with Gasteiger partial charge in [0.25, 0.3) is 0 Å². The first kappa shape index (κ1) is 15.6. The maximum atomic E-state index is 8.68. The molecule has 1 aromatic rings. The van der Waals surface area contributed by atoms with Crippen LogP contribution in [0.5, 0.6) is 5.75 Å². The van der Waals surface area contributed by atoms with Crippen molar-refractivity contribution in [3.63, 3.8) is 0 Å². The molecule has 68 valence electrons. The topological polar surface area (TPSA) is 29.5 Å². The summed E-state index contributed by atoms with van der Waals surface area (Å²) in [5.74, 6) is 0.849. The first-order chi connectivity index (χ1) is 5.38. The van der Waals surface area contributed by atoms with Crippen LogP contribution in [-0.4, -0.2) is 55.0 Å². The fourth-order valence-corrected chi connectivity index (χ4v) is 1.03. The van der Waals surface area contributed by atoms with E-state index in [0.717, 1.165) is 11.3 Å². The second-order valence-electron chi connectivity index (χ2n) is 2.29. The summed E-state index contributed by atoms with van der Waals surface area (Å²) in [7, 11) is 1.64. The predicted octanol–water partition coefficient (Wildman–Crippen LogP) is -0.602. The zero-order valence-corrected chi connectivity index (χ0v) is 6.58. The molecule has 0 aromatic heterocycles. The van der Waals surface area contributed by atoms with Crippen LogP contribution in [0.15, 0.2) is 24.3 Å². The van der Waals surface area contributed by atoms with E-state index in [1.165, 1.54) is 0 Å².